The first-order valence-electron chi connectivity index (χ1n) is 8.41. The molecular formula is C19H19N3O6. The largest absolute Gasteiger partial charge is 0.493 e. The fourth-order valence-corrected chi connectivity index (χ4v) is 2.91. The van der Waals surface area contributed by atoms with Crippen molar-refractivity contribution in [1.29, 1.82) is 0 Å². The van der Waals surface area contributed by atoms with E-state index in [1.54, 1.807) is 12.1 Å². The molecule has 9 heteroatoms. The molecule has 1 aromatic carbocycles. The normalized spacial score (nSPS) is 12.6. The zero-order valence-electron chi connectivity index (χ0n) is 15.6. The number of fused-ring (bicyclic) bond motifs is 1. The van der Waals surface area contributed by atoms with Gasteiger partial charge in [0, 0.05) is 24.8 Å². The zero-order chi connectivity index (χ0) is 20.3. The van der Waals surface area contributed by atoms with E-state index in [-0.39, 0.29) is 24.3 Å². The molecule has 3 amide bonds. The van der Waals surface area contributed by atoms with E-state index in [2.05, 4.69) is 10.3 Å². The van der Waals surface area contributed by atoms with Gasteiger partial charge in [0.1, 0.15) is 5.69 Å². The number of pyridine rings is 1. The fourth-order valence-electron chi connectivity index (χ4n) is 2.91. The van der Waals surface area contributed by atoms with E-state index in [4.69, 9.17) is 14.2 Å². The first-order valence-corrected chi connectivity index (χ1v) is 8.41. The Morgan fingerprint density at radius 3 is 2.32 bits per heavy atom. The average molecular weight is 385 g/mol. The van der Waals surface area contributed by atoms with Crippen LogP contribution in [0.5, 0.6) is 17.2 Å². The lowest BCUT2D eigenvalue weighted by atomic mass is 10.1. The summed E-state index contributed by atoms with van der Waals surface area (Å²) in [5.74, 6) is -0.233. The number of hydrogen-bond donors (Lipinski definition) is 1. The smallest absolute Gasteiger partial charge is 0.280 e. The third kappa shape index (κ3) is 3.34. The molecule has 0 saturated heterocycles. The maximum absolute atomic E-state index is 12.5. The second-order valence-corrected chi connectivity index (χ2v) is 5.83. The zero-order valence-corrected chi connectivity index (χ0v) is 15.6. The predicted octanol–water partition coefficient (Wildman–Crippen LogP) is 1.13. The van der Waals surface area contributed by atoms with E-state index in [0.717, 1.165) is 4.90 Å². The van der Waals surface area contributed by atoms with Crippen molar-refractivity contribution < 1.29 is 28.6 Å². The van der Waals surface area contributed by atoms with Gasteiger partial charge < -0.3 is 19.5 Å². The number of methoxy groups -OCH3 is 3. The highest BCUT2D eigenvalue weighted by Crippen LogP contribution is 2.38. The van der Waals surface area contributed by atoms with Crippen LogP contribution in [0.1, 0.15) is 31.2 Å². The van der Waals surface area contributed by atoms with E-state index in [9.17, 15) is 14.4 Å². The van der Waals surface area contributed by atoms with Gasteiger partial charge in [0.2, 0.25) is 5.75 Å². The Balaban J connectivity index is 1.67. The molecule has 0 radical (unpaired) electrons. The highest BCUT2D eigenvalue weighted by atomic mass is 16.5. The minimum absolute atomic E-state index is 0.0319. The van der Waals surface area contributed by atoms with Gasteiger partial charge in [0.25, 0.3) is 17.7 Å². The van der Waals surface area contributed by atoms with E-state index >= 15 is 0 Å². The summed E-state index contributed by atoms with van der Waals surface area (Å²) < 4.78 is 15.7. The molecule has 1 aliphatic heterocycles. The van der Waals surface area contributed by atoms with Crippen molar-refractivity contribution in [3.05, 3.63) is 47.3 Å². The van der Waals surface area contributed by atoms with Gasteiger partial charge in [-0.15, -0.1) is 0 Å². The van der Waals surface area contributed by atoms with Gasteiger partial charge in [-0.25, -0.2) is 0 Å². The topological polar surface area (TPSA) is 107 Å². The Bertz CT molecular complexity index is 883. The van der Waals surface area contributed by atoms with E-state index in [1.165, 1.54) is 39.7 Å². The van der Waals surface area contributed by atoms with Gasteiger partial charge in [-0.1, -0.05) is 0 Å². The third-order valence-electron chi connectivity index (χ3n) is 4.28. The molecule has 0 unspecified atom stereocenters. The van der Waals surface area contributed by atoms with Crippen LogP contribution in [0.15, 0.2) is 30.5 Å². The number of imide groups is 1. The van der Waals surface area contributed by atoms with Crippen molar-refractivity contribution in [3.63, 3.8) is 0 Å². The Labute approximate surface area is 161 Å². The van der Waals surface area contributed by atoms with Crippen LogP contribution in [0, 0.1) is 0 Å². The molecule has 146 valence electrons. The number of carbonyl (C=O) groups is 3. The number of ether oxygens (including phenoxy) is 3. The van der Waals surface area contributed by atoms with Crippen LogP contribution in [0.2, 0.25) is 0 Å². The minimum atomic E-state index is -0.470. The van der Waals surface area contributed by atoms with Gasteiger partial charge in [-0.3, -0.25) is 24.3 Å². The maximum atomic E-state index is 12.5. The molecule has 0 bridgehead atoms. The number of nitrogens with zero attached hydrogens (tertiary/aromatic N) is 2. The molecule has 2 heterocycles. The van der Waals surface area contributed by atoms with Gasteiger partial charge in [0.05, 0.1) is 26.9 Å². The molecular weight excluding hydrogens is 366 g/mol. The molecule has 0 fully saturated rings. The fraction of sp³-hybridized carbons (Fsp3) is 0.263. The number of benzene rings is 1. The van der Waals surface area contributed by atoms with E-state index in [0.29, 0.717) is 22.8 Å². The molecule has 1 aromatic heterocycles. The van der Waals surface area contributed by atoms with Crippen molar-refractivity contribution in [3.8, 4) is 17.2 Å². The number of carbonyl (C=O) groups excluding carboxylic acids is 3. The molecule has 0 saturated carbocycles. The standard InChI is InChI=1S/C19H19N3O6/c1-26-13-9-11(10-14(27-2)16(13)28-3)17(23)21-7-8-22-18(24)12-5-4-6-20-15(12)19(22)25/h4-6,9-10H,7-8H2,1-3H3,(H,21,23). The van der Waals surface area contributed by atoms with Crippen molar-refractivity contribution >= 4 is 17.7 Å². The van der Waals surface area contributed by atoms with Crippen LogP contribution >= 0.6 is 0 Å². The second-order valence-electron chi connectivity index (χ2n) is 5.83. The van der Waals surface area contributed by atoms with Crippen LogP contribution in [-0.2, 0) is 0 Å². The maximum Gasteiger partial charge on any atom is 0.280 e. The van der Waals surface area contributed by atoms with Gasteiger partial charge in [0.15, 0.2) is 11.5 Å². The number of hydrogen-bond acceptors (Lipinski definition) is 7. The Kier molecular flexibility index (Phi) is 5.44. The summed E-state index contributed by atoms with van der Waals surface area (Å²) in [5.41, 5.74) is 0.686. The first-order chi connectivity index (χ1) is 13.5. The van der Waals surface area contributed by atoms with E-state index < -0.39 is 17.7 Å². The summed E-state index contributed by atoms with van der Waals surface area (Å²) >= 11 is 0. The number of rotatable bonds is 7. The summed E-state index contributed by atoms with van der Waals surface area (Å²) in [4.78, 5) is 42.1. The lowest BCUT2D eigenvalue weighted by Gasteiger charge is -2.15. The molecule has 0 spiro atoms. The van der Waals surface area contributed by atoms with Gasteiger partial charge in [-0.05, 0) is 24.3 Å². The SMILES string of the molecule is COc1cc(C(=O)NCCN2C(=O)c3cccnc3C2=O)cc(OC)c1OC. The predicted molar refractivity (Wildman–Crippen MR) is 98.0 cm³/mol. The molecule has 3 rings (SSSR count). The molecule has 28 heavy (non-hydrogen) atoms. The monoisotopic (exact) mass is 385 g/mol. The molecule has 9 nitrogen and oxygen atoms in total. The summed E-state index contributed by atoms with van der Waals surface area (Å²) in [6, 6.07) is 6.18. The van der Waals surface area contributed by atoms with Crippen LogP contribution in [-0.4, -0.2) is 62.0 Å². The Morgan fingerprint density at radius 2 is 1.75 bits per heavy atom. The highest BCUT2D eigenvalue weighted by molar-refractivity contribution is 6.20. The van der Waals surface area contributed by atoms with Crippen molar-refractivity contribution in [2.24, 2.45) is 0 Å². The number of nitrogens with one attached hydrogen (secondary N) is 1. The molecule has 1 N–H and O–H groups in total. The van der Waals surface area contributed by atoms with Crippen molar-refractivity contribution in [1.82, 2.24) is 15.2 Å². The molecule has 0 aliphatic carbocycles. The Morgan fingerprint density at radius 1 is 1.07 bits per heavy atom. The van der Waals surface area contributed by atoms with Gasteiger partial charge >= 0.3 is 0 Å². The molecule has 2 aromatic rings. The molecule has 0 atom stereocenters. The summed E-state index contributed by atoms with van der Waals surface area (Å²) in [7, 11) is 4.38. The summed E-state index contributed by atoms with van der Waals surface area (Å²) in [5, 5.41) is 2.68. The van der Waals surface area contributed by atoms with Crippen molar-refractivity contribution in [2.75, 3.05) is 34.4 Å². The van der Waals surface area contributed by atoms with Crippen LogP contribution in [0.4, 0.5) is 0 Å². The first kappa shape index (κ1) is 19.2. The second kappa shape index (κ2) is 7.95. The quantitative estimate of drug-likeness (QED) is 0.712. The van der Waals surface area contributed by atoms with Crippen LogP contribution in [0.3, 0.4) is 0 Å². The minimum Gasteiger partial charge on any atom is -0.493 e. The highest BCUT2D eigenvalue weighted by Gasteiger charge is 2.36. The van der Waals surface area contributed by atoms with Crippen molar-refractivity contribution in [2.45, 2.75) is 0 Å². The summed E-state index contributed by atoms with van der Waals surface area (Å²) in [6.07, 6.45) is 1.46. The third-order valence-corrected chi connectivity index (χ3v) is 4.28. The Hall–Kier alpha value is -3.62. The lowest BCUT2D eigenvalue weighted by Crippen LogP contribution is -2.38. The van der Waals surface area contributed by atoms with Crippen LogP contribution < -0.4 is 19.5 Å². The average Bonchev–Trinajstić information content (AvgIpc) is 2.97. The number of aromatic nitrogens is 1. The summed E-state index contributed by atoms with van der Waals surface area (Å²) in [6.45, 7) is 0.116. The van der Waals surface area contributed by atoms with E-state index in [1.807, 2.05) is 0 Å². The van der Waals surface area contributed by atoms with Gasteiger partial charge in [-0.2, -0.15) is 0 Å². The number of amides is 3. The lowest BCUT2D eigenvalue weighted by molar-refractivity contribution is 0.0648. The molecule has 1 aliphatic rings. The van der Waals surface area contributed by atoms with Crippen LogP contribution in [0.25, 0.3) is 0 Å².